The topological polar surface area (TPSA) is 50.3 Å². The van der Waals surface area contributed by atoms with Crippen LogP contribution in [0.2, 0.25) is 0 Å². The van der Waals surface area contributed by atoms with Gasteiger partial charge in [0.15, 0.2) is 0 Å². The first-order valence-corrected chi connectivity index (χ1v) is 8.57. The molecule has 0 amide bonds. The lowest BCUT2D eigenvalue weighted by Crippen LogP contribution is -2.27. The van der Waals surface area contributed by atoms with Crippen molar-refractivity contribution in [3.8, 4) is 0 Å². The number of hydrogen-bond acceptors (Lipinski definition) is 4. The van der Waals surface area contributed by atoms with Gasteiger partial charge in [0.2, 0.25) is 10.0 Å². The fourth-order valence-electron chi connectivity index (χ4n) is 1.95. The Hall–Kier alpha value is -1.24. The van der Waals surface area contributed by atoms with Crippen molar-refractivity contribution in [1.82, 2.24) is 9.29 Å². The molecule has 0 unspecified atom stereocenters. The van der Waals surface area contributed by atoms with E-state index in [0.29, 0.717) is 11.4 Å². The zero-order chi connectivity index (χ0) is 14.9. The molecule has 0 saturated carbocycles. The zero-order valence-corrected chi connectivity index (χ0v) is 13.7. The lowest BCUT2D eigenvalue weighted by Gasteiger charge is -2.18. The van der Waals surface area contributed by atoms with E-state index in [0.717, 1.165) is 21.8 Å². The van der Waals surface area contributed by atoms with E-state index in [4.69, 9.17) is 0 Å². The maximum atomic E-state index is 12.6. The van der Waals surface area contributed by atoms with Gasteiger partial charge in [0, 0.05) is 12.4 Å². The molecule has 0 aliphatic heterocycles. The van der Waals surface area contributed by atoms with Crippen LogP contribution in [0.1, 0.15) is 21.8 Å². The number of rotatable bonds is 4. The van der Waals surface area contributed by atoms with Crippen LogP contribution in [-0.4, -0.2) is 24.8 Å². The van der Waals surface area contributed by atoms with E-state index in [1.165, 1.54) is 15.6 Å². The summed E-state index contributed by atoms with van der Waals surface area (Å²) in [5.41, 5.74) is 2.48. The number of benzene rings is 1. The van der Waals surface area contributed by atoms with E-state index in [1.807, 2.05) is 38.3 Å². The Balaban J connectivity index is 2.32. The van der Waals surface area contributed by atoms with Crippen LogP contribution >= 0.6 is 11.3 Å². The van der Waals surface area contributed by atoms with Crippen LogP contribution in [0.5, 0.6) is 0 Å². The Bertz CT molecular complexity index is 721. The molecule has 2 rings (SSSR count). The average molecular weight is 310 g/mol. The summed E-state index contributed by atoms with van der Waals surface area (Å²) < 4.78 is 26.6. The van der Waals surface area contributed by atoms with Gasteiger partial charge in [0.05, 0.1) is 22.1 Å². The highest BCUT2D eigenvalue weighted by atomic mass is 32.2. The third-order valence-electron chi connectivity index (χ3n) is 3.08. The predicted octanol–water partition coefficient (Wildman–Crippen LogP) is 2.89. The molecule has 0 spiro atoms. The average Bonchev–Trinajstić information content (AvgIpc) is 2.77. The summed E-state index contributed by atoms with van der Waals surface area (Å²) in [7, 11) is -1.89. The second-order valence-corrected chi connectivity index (χ2v) is 7.96. The van der Waals surface area contributed by atoms with E-state index < -0.39 is 10.0 Å². The molecule has 6 heteroatoms. The second kappa shape index (κ2) is 5.63. The molecule has 1 aromatic carbocycles. The maximum absolute atomic E-state index is 12.6. The predicted molar refractivity (Wildman–Crippen MR) is 81.4 cm³/mol. The van der Waals surface area contributed by atoms with Crippen LogP contribution in [-0.2, 0) is 16.6 Å². The van der Waals surface area contributed by atoms with Crippen LogP contribution < -0.4 is 0 Å². The van der Waals surface area contributed by atoms with E-state index in [1.54, 1.807) is 13.1 Å². The molecule has 1 heterocycles. The maximum Gasteiger partial charge on any atom is 0.243 e. The largest absolute Gasteiger partial charge is 0.245 e. The Morgan fingerprint density at radius 1 is 1.25 bits per heavy atom. The zero-order valence-electron chi connectivity index (χ0n) is 12.0. The summed E-state index contributed by atoms with van der Waals surface area (Å²) in [6.45, 7) is 5.91. The Kier molecular flexibility index (Phi) is 4.27. The standard InChI is InChI=1S/C14H18N2O2S2/c1-10-5-6-11(2)14(7-10)20(17,18)16(4)8-13-9-19-12(3)15-13/h5-7,9H,8H2,1-4H3. The van der Waals surface area contributed by atoms with Crippen LogP contribution in [0, 0.1) is 20.8 Å². The van der Waals surface area contributed by atoms with Gasteiger partial charge in [-0.2, -0.15) is 4.31 Å². The van der Waals surface area contributed by atoms with Crippen molar-refractivity contribution in [2.75, 3.05) is 7.05 Å². The number of nitrogens with zero attached hydrogens (tertiary/aromatic N) is 2. The molecule has 20 heavy (non-hydrogen) atoms. The van der Waals surface area contributed by atoms with Crippen molar-refractivity contribution >= 4 is 21.4 Å². The molecule has 108 valence electrons. The van der Waals surface area contributed by atoms with Gasteiger partial charge in [-0.1, -0.05) is 12.1 Å². The molecule has 0 N–H and O–H groups in total. The molecule has 0 saturated heterocycles. The van der Waals surface area contributed by atoms with Gasteiger partial charge < -0.3 is 0 Å². The second-order valence-electron chi connectivity index (χ2n) is 4.89. The van der Waals surface area contributed by atoms with Crippen molar-refractivity contribution in [1.29, 1.82) is 0 Å². The Labute approximate surface area is 124 Å². The lowest BCUT2D eigenvalue weighted by atomic mass is 10.2. The van der Waals surface area contributed by atoms with E-state index in [2.05, 4.69) is 4.98 Å². The molecule has 0 aliphatic carbocycles. The van der Waals surface area contributed by atoms with Crippen molar-refractivity contribution < 1.29 is 8.42 Å². The third kappa shape index (κ3) is 3.08. The number of aryl methyl sites for hydroxylation is 3. The molecule has 2 aromatic rings. The quantitative estimate of drug-likeness (QED) is 0.872. The summed E-state index contributed by atoms with van der Waals surface area (Å²) in [5.74, 6) is 0. The van der Waals surface area contributed by atoms with Crippen LogP contribution in [0.25, 0.3) is 0 Å². The van der Waals surface area contributed by atoms with Gasteiger partial charge in [-0.05, 0) is 38.0 Å². The molecule has 0 fully saturated rings. The highest BCUT2D eigenvalue weighted by molar-refractivity contribution is 7.89. The minimum atomic E-state index is -3.48. The highest BCUT2D eigenvalue weighted by Crippen LogP contribution is 2.22. The minimum absolute atomic E-state index is 0.292. The highest BCUT2D eigenvalue weighted by Gasteiger charge is 2.23. The fourth-order valence-corrected chi connectivity index (χ4v) is 4.00. The molecule has 0 radical (unpaired) electrons. The summed E-state index contributed by atoms with van der Waals surface area (Å²) in [5, 5.41) is 2.84. The summed E-state index contributed by atoms with van der Waals surface area (Å²) >= 11 is 1.53. The van der Waals surface area contributed by atoms with E-state index >= 15 is 0 Å². The van der Waals surface area contributed by atoms with Crippen LogP contribution in [0.3, 0.4) is 0 Å². The molecular formula is C14H18N2O2S2. The summed E-state index contributed by atoms with van der Waals surface area (Å²) in [6.07, 6.45) is 0. The van der Waals surface area contributed by atoms with Crippen molar-refractivity contribution in [2.24, 2.45) is 0 Å². The normalized spacial score (nSPS) is 12.1. The first-order chi connectivity index (χ1) is 9.30. The van der Waals surface area contributed by atoms with Crippen molar-refractivity contribution in [2.45, 2.75) is 32.2 Å². The fraction of sp³-hybridized carbons (Fsp3) is 0.357. The number of hydrogen-bond donors (Lipinski definition) is 0. The molecule has 0 atom stereocenters. The monoisotopic (exact) mass is 310 g/mol. The molecular weight excluding hydrogens is 292 g/mol. The van der Waals surface area contributed by atoms with Crippen molar-refractivity contribution in [3.05, 3.63) is 45.4 Å². The van der Waals surface area contributed by atoms with Gasteiger partial charge in [0.1, 0.15) is 0 Å². The summed E-state index contributed by atoms with van der Waals surface area (Å²) in [6, 6.07) is 5.47. The molecule has 1 aromatic heterocycles. The van der Waals surface area contributed by atoms with Gasteiger partial charge in [-0.15, -0.1) is 11.3 Å². The SMILES string of the molecule is Cc1ccc(C)c(S(=O)(=O)N(C)Cc2csc(C)n2)c1. The van der Waals surface area contributed by atoms with Crippen molar-refractivity contribution in [3.63, 3.8) is 0 Å². The van der Waals surface area contributed by atoms with Crippen LogP contribution in [0.4, 0.5) is 0 Å². The third-order valence-corrected chi connectivity index (χ3v) is 5.85. The first-order valence-electron chi connectivity index (χ1n) is 6.25. The lowest BCUT2D eigenvalue weighted by molar-refractivity contribution is 0.462. The number of sulfonamides is 1. The Morgan fingerprint density at radius 2 is 1.95 bits per heavy atom. The number of thiazole rings is 1. The van der Waals surface area contributed by atoms with Gasteiger partial charge in [-0.3, -0.25) is 0 Å². The molecule has 0 aliphatic rings. The van der Waals surface area contributed by atoms with E-state index in [9.17, 15) is 8.42 Å². The first kappa shape index (κ1) is 15.2. The smallest absolute Gasteiger partial charge is 0.243 e. The minimum Gasteiger partial charge on any atom is -0.245 e. The number of aromatic nitrogens is 1. The molecule has 4 nitrogen and oxygen atoms in total. The van der Waals surface area contributed by atoms with E-state index in [-0.39, 0.29) is 0 Å². The van der Waals surface area contributed by atoms with Gasteiger partial charge in [-0.25, -0.2) is 13.4 Å². The van der Waals surface area contributed by atoms with Gasteiger partial charge >= 0.3 is 0 Å². The summed E-state index contributed by atoms with van der Waals surface area (Å²) in [4.78, 5) is 4.68. The van der Waals surface area contributed by atoms with Gasteiger partial charge in [0.25, 0.3) is 0 Å². The Morgan fingerprint density at radius 3 is 2.55 bits per heavy atom. The van der Waals surface area contributed by atoms with Crippen LogP contribution in [0.15, 0.2) is 28.5 Å². The molecule has 0 bridgehead atoms.